The van der Waals surface area contributed by atoms with Crippen molar-refractivity contribution in [3.63, 3.8) is 0 Å². The third kappa shape index (κ3) is 4.49. The molecule has 0 atom stereocenters. The van der Waals surface area contributed by atoms with Gasteiger partial charge in [-0.1, -0.05) is 34.8 Å². The molecule has 118 valence electrons. The maximum Gasteiger partial charge on any atom is 0.0652 e. The van der Waals surface area contributed by atoms with Gasteiger partial charge in [-0.15, -0.1) is 0 Å². The first kappa shape index (κ1) is 17.4. The van der Waals surface area contributed by atoms with Gasteiger partial charge in [0.15, 0.2) is 0 Å². The van der Waals surface area contributed by atoms with Crippen molar-refractivity contribution < 1.29 is 0 Å². The van der Waals surface area contributed by atoms with Crippen molar-refractivity contribution in [2.24, 2.45) is 0 Å². The van der Waals surface area contributed by atoms with Crippen LogP contribution in [0, 0.1) is 0 Å². The first-order valence-corrected chi connectivity index (χ1v) is 8.38. The van der Waals surface area contributed by atoms with E-state index in [0.717, 1.165) is 18.4 Å². The molecule has 2 rings (SSSR count). The smallest absolute Gasteiger partial charge is 0.0652 e. The molecule has 1 fully saturated rings. The maximum absolute atomic E-state index is 6.26. The molecule has 0 saturated carbocycles. The highest BCUT2D eigenvalue weighted by Crippen LogP contribution is 2.33. The molecule has 0 bridgehead atoms. The topological polar surface area (TPSA) is 24.1 Å². The molecule has 0 aliphatic carbocycles. The number of halogens is 3. The number of hydrogen-bond donors (Lipinski definition) is 2. The molecule has 1 aliphatic rings. The van der Waals surface area contributed by atoms with Crippen LogP contribution in [0.2, 0.25) is 15.1 Å². The Labute approximate surface area is 142 Å². The summed E-state index contributed by atoms with van der Waals surface area (Å²) in [6.07, 6.45) is 2.12. The van der Waals surface area contributed by atoms with Gasteiger partial charge in [0.2, 0.25) is 0 Å². The molecule has 5 heteroatoms. The summed E-state index contributed by atoms with van der Waals surface area (Å²) in [5.74, 6) is 0. The Kier molecular flexibility index (Phi) is 5.17. The molecular formula is C16H23Cl3N2. The second kappa shape index (κ2) is 6.25. The molecule has 0 radical (unpaired) electrons. The van der Waals surface area contributed by atoms with Crippen LogP contribution < -0.4 is 10.6 Å². The van der Waals surface area contributed by atoms with Crippen molar-refractivity contribution >= 4 is 34.8 Å². The highest BCUT2D eigenvalue weighted by Gasteiger charge is 2.37. The van der Waals surface area contributed by atoms with Gasteiger partial charge in [0, 0.05) is 34.3 Å². The Hall–Kier alpha value is 0.01000. The van der Waals surface area contributed by atoms with Crippen LogP contribution in [0.1, 0.15) is 46.1 Å². The molecule has 1 aromatic rings. The molecule has 1 aromatic carbocycles. The Morgan fingerprint density at radius 1 is 1.05 bits per heavy atom. The van der Waals surface area contributed by atoms with E-state index in [1.54, 1.807) is 12.1 Å². The molecule has 0 spiro atoms. The van der Waals surface area contributed by atoms with E-state index in [1.165, 1.54) is 0 Å². The summed E-state index contributed by atoms with van der Waals surface area (Å²) in [5.41, 5.74) is 1.10. The molecule has 0 aromatic heterocycles. The number of benzene rings is 1. The van der Waals surface area contributed by atoms with Gasteiger partial charge >= 0.3 is 0 Å². The normalized spacial score (nSPS) is 21.5. The zero-order chi connectivity index (χ0) is 15.8. The fraction of sp³-hybridized carbons (Fsp3) is 0.625. The van der Waals surface area contributed by atoms with Crippen LogP contribution in [-0.2, 0) is 6.54 Å². The molecule has 2 N–H and O–H groups in total. The summed E-state index contributed by atoms with van der Waals surface area (Å²) in [6.45, 7) is 9.59. The number of piperidine rings is 1. The molecule has 21 heavy (non-hydrogen) atoms. The van der Waals surface area contributed by atoms with E-state index in [4.69, 9.17) is 34.8 Å². The zero-order valence-electron chi connectivity index (χ0n) is 13.0. The van der Waals surface area contributed by atoms with Crippen LogP contribution in [0.4, 0.5) is 0 Å². The average Bonchev–Trinajstić information content (AvgIpc) is 2.30. The van der Waals surface area contributed by atoms with Gasteiger partial charge in [-0.3, -0.25) is 0 Å². The quantitative estimate of drug-likeness (QED) is 0.746. The van der Waals surface area contributed by atoms with Crippen LogP contribution in [0.3, 0.4) is 0 Å². The summed E-state index contributed by atoms with van der Waals surface area (Å²) >= 11 is 18.6. The molecule has 1 saturated heterocycles. The minimum Gasteiger partial charge on any atom is -0.310 e. The van der Waals surface area contributed by atoms with Crippen molar-refractivity contribution in [1.29, 1.82) is 0 Å². The Balaban J connectivity index is 2.08. The lowest BCUT2D eigenvalue weighted by molar-refractivity contribution is 0.145. The maximum atomic E-state index is 6.26. The first-order chi connectivity index (χ1) is 9.60. The number of nitrogens with one attached hydrogen (secondary N) is 2. The van der Waals surface area contributed by atoms with E-state index in [2.05, 4.69) is 38.3 Å². The van der Waals surface area contributed by atoms with Crippen molar-refractivity contribution in [3.8, 4) is 0 Å². The summed E-state index contributed by atoms with van der Waals surface area (Å²) in [6, 6.07) is 3.94. The third-order valence-corrected chi connectivity index (χ3v) is 5.09. The van der Waals surface area contributed by atoms with Crippen molar-refractivity contribution in [2.45, 2.75) is 64.2 Å². The SMILES string of the molecule is CC1(C)CC(NCc2c(Cl)ccc(Cl)c2Cl)CC(C)(C)N1. The lowest BCUT2D eigenvalue weighted by Gasteiger charge is -2.46. The summed E-state index contributed by atoms with van der Waals surface area (Å²) in [4.78, 5) is 0. The van der Waals surface area contributed by atoms with Crippen LogP contribution in [0.25, 0.3) is 0 Å². The minimum atomic E-state index is 0.112. The number of hydrogen-bond acceptors (Lipinski definition) is 2. The fourth-order valence-corrected chi connectivity index (χ4v) is 4.13. The highest BCUT2D eigenvalue weighted by atomic mass is 35.5. The highest BCUT2D eigenvalue weighted by molar-refractivity contribution is 6.44. The van der Waals surface area contributed by atoms with Gasteiger partial charge in [0.1, 0.15) is 0 Å². The van der Waals surface area contributed by atoms with Gasteiger partial charge in [0.05, 0.1) is 10.0 Å². The number of rotatable bonds is 3. The zero-order valence-corrected chi connectivity index (χ0v) is 15.3. The fourth-order valence-electron chi connectivity index (χ4n) is 3.44. The molecule has 1 aliphatic heterocycles. The second-order valence-electron chi connectivity index (χ2n) is 7.20. The van der Waals surface area contributed by atoms with Crippen molar-refractivity contribution in [3.05, 3.63) is 32.8 Å². The van der Waals surface area contributed by atoms with Crippen LogP contribution >= 0.6 is 34.8 Å². The lowest BCUT2D eigenvalue weighted by atomic mass is 9.79. The Bertz CT molecular complexity index is 510. The van der Waals surface area contributed by atoms with Gasteiger partial charge < -0.3 is 10.6 Å². The van der Waals surface area contributed by atoms with Gasteiger partial charge in [-0.2, -0.15) is 0 Å². The van der Waals surface area contributed by atoms with E-state index >= 15 is 0 Å². The van der Waals surface area contributed by atoms with Crippen molar-refractivity contribution in [2.75, 3.05) is 0 Å². The summed E-state index contributed by atoms with van der Waals surface area (Å²) in [7, 11) is 0. The van der Waals surface area contributed by atoms with E-state index in [1.807, 2.05) is 0 Å². The van der Waals surface area contributed by atoms with Gasteiger partial charge in [-0.25, -0.2) is 0 Å². The third-order valence-electron chi connectivity index (χ3n) is 3.90. The molecule has 1 heterocycles. The Morgan fingerprint density at radius 2 is 1.57 bits per heavy atom. The van der Waals surface area contributed by atoms with E-state index in [0.29, 0.717) is 27.7 Å². The molecule has 2 nitrogen and oxygen atoms in total. The van der Waals surface area contributed by atoms with E-state index in [9.17, 15) is 0 Å². The molecule has 0 amide bonds. The summed E-state index contributed by atoms with van der Waals surface area (Å²) < 4.78 is 0. The standard InChI is InChI=1S/C16H23Cl3N2/c1-15(2)7-10(8-16(3,4)21-15)20-9-11-12(17)5-6-13(18)14(11)19/h5-6,10,20-21H,7-9H2,1-4H3. The van der Waals surface area contributed by atoms with E-state index in [-0.39, 0.29) is 11.1 Å². The first-order valence-electron chi connectivity index (χ1n) is 7.25. The molecule has 0 unspecified atom stereocenters. The van der Waals surface area contributed by atoms with Crippen LogP contribution in [-0.4, -0.2) is 17.1 Å². The predicted octanol–water partition coefficient (Wildman–Crippen LogP) is 5.05. The second-order valence-corrected chi connectivity index (χ2v) is 8.39. The lowest BCUT2D eigenvalue weighted by Crippen LogP contribution is -2.61. The van der Waals surface area contributed by atoms with Crippen LogP contribution in [0.15, 0.2) is 12.1 Å². The minimum absolute atomic E-state index is 0.112. The van der Waals surface area contributed by atoms with Gasteiger partial charge in [-0.05, 0) is 52.7 Å². The summed E-state index contributed by atoms with van der Waals surface area (Å²) in [5, 5.41) is 9.02. The predicted molar refractivity (Wildman–Crippen MR) is 92.6 cm³/mol. The largest absolute Gasteiger partial charge is 0.310 e. The van der Waals surface area contributed by atoms with Crippen molar-refractivity contribution in [1.82, 2.24) is 10.6 Å². The van der Waals surface area contributed by atoms with Crippen LogP contribution in [0.5, 0.6) is 0 Å². The molecular weight excluding hydrogens is 327 g/mol. The average molecular weight is 350 g/mol. The van der Waals surface area contributed by atoms with E-state index < -0.39 is 0 Å². The Morgan fingerprint density at radius 3 is 2.14 bits per heavy atom. The van der Waals surface area contributed by atoms with Gasteiger partial charge in [0.25, 0.3) is 0 Å². The monoisotopic (exact) mass is 348 g/mol.